The average Bonchev–Trinajstić information content (AvgIpc) is 2.69. The van der Waals surface area contributed by atoms with Crippen molar-refractivity contribution in [2.45, 2.75) is 6.42 Å². The highest BCUT2D eigenvalue weighted by atomic mass is 79.9. The van der Waals surface area contributed by atoms with Crippen LogP contribution in [0.15, 0.2) is 34.1 Å². The lowest BCUT2D eigenvalue weighted by Gasteiger charge is -2.08. The minimum Gasteiger partial charge on any atom is -0.397 e. The van der Waals surface area contributed by atoms with Gasteiger partial charge in [-0.3, -0.25) is 0 Å². The summed E-state index contributed by atoms with van der Waals surface area (Å²) >= 11 is 5.12. The Morgan fingerprint density at radius 1 is 1.29 bits per heavy atom. The van der Waals surface area contributed by atoms with Gasteiger partial charge >= 0.3 is 0 Å². The molecule has 0 atom stereocenters. The van der Waals surface area contributed by atoms with E-state index in [0.29, 0.717) is 11.4 Å². The van der Waals surface area contributed by atoms with Crippen LogP contribution in [-0.2, 0) is 6.42 Å². The molecule has 90 valence electrons. The number of benzene rings is 1. The molecule has 0 saturated heterocycles. The van der Waals surface area contributed by atoms with Gasteiger partial charge in [-0.15, -0.1) is 11.3 Å². The van der Waals surface area contributed by atoms with Crippen LogP contribution in [0.3, 0.4) is 0 Å². The Bertz CT molecular complexity index is 513. The molecule has 5 heteroatoms. The molecular formula is C12H12BrFN2S. The molecule has 0 spiro atoms. The van der Waals surface area contributed by atoms with E-state index in [4.69, 9.17) is 5.73 Å². The van der Waals surface area contributed by atoms with E-state index in [9.17, 15) is 4.39 Å². The van der Waals surface area contributed by atoms with E-state index in [0.717, 1.165) is 16.8 Å². The molecule has 1 heterocycles. The fourth-order valence-electron chi connectivity index (χ4n) is 1.49. The summed E-state index contributed by atoms with van der Waals surface area (Å²) < 4.78 is 14.1. The Hall–Kier alpha value is -1.07. The monoisotopic (exact) mass is 314 g/mol. The Balaban J connectivity index is 1.91. The molecule has 2 rings (SSSR count). The molecule has 2 nitrogen and oxygen atoms in total. The van der Waals surface area contributed by atoms with Crippen molar-refractivity contribution < 1.29 is 4.39 Å². The van der Waals surface area contributed by atoms with Gasteiger partial charge in [0, 0.05) is 11.4 Å². The number of halogens is 2. The number of nitrogen functional groups attached to an aromatic ring is 1. The van der Waals surface area contributed by atoms with Crippen LogP contribution in [0.25, 0.3) is 0 Å². The van der Waals surface area contributed by atoms with Crippen molar-refractivity contribution in [2.75, 3.05) is 17.6 Å². The second-order valence-electron chi connectivity index (χ2n) is 3.61. The molecule has 17 heavy (non-hydrogen) atoms. The van der Waals surface area contributed by atoms with E-state index in [1.165, 1.54) is 17.0 Å². The fraction of sp³-hybridized carbons (Fsp3) is 0.167. The molecule has 0 amide bonds. The minimum absolute atomic E-state index is 0.277. The first-order valence-corrected chi connectivity index (χ1v) is 6.79. The zero-order chi connectivity index (χ0) is 12.3. The molecule has 0 aliphatic rings. The maximum atomic E-state index is 13.0. The summed E-state index contributed by atoms with van der Waals surface area (Å²) in [4.78, 5) is 1.28. The number of thiophene rings is 1. The highest BCUT2D eigenvalue weighted by Crippen LogP contribution is 2.23. The molecule has 0 aliphatic carbocycles. The predicted molar refractivity (Wildman–Crippen MR) is 75.0 cm³/mol. The van der Waals surface area contributed by atoms with Crippen LogP contribution in [0.2, 0.25) is 0 Å². The van der Waals surface area contributed by atoms with Crippen molar-refractivity contribution in [3.8, 4) is 0 Å². The Labute approximate surface area is 112 Å². The standard InChI is InChI=1S/C12H12BrFN2S/c13-12-4-2-9(17-12)5-6-16-11-7-8(14)1-3-10(11)15/h1-4,7,16H,5-6,15H2. The molecular weight excluding hydrogens is 303 g/mol. The lowest BCUT2D eigenvalue weighted by atomic mass is 10.2. The lowest BCUT2D eigenvalue weighted by Crippen LogP contribution is -2.06. The second-order valence-corrected chi connectivity index (χ2v) is 6.16. The minimum atomic E-state index is -0.277. The van der Waals surface area contributed by atoms with Gasteiger partial charge in [0.05, 0.1) is 15.2 Å². The summed E-state index contributed by atoms with van der Waals surface area (Å²) in [6.07, 6.45) is 0.895. The molecule has 0 unspecified atom stereocenters. The third kappa shape index (κ3) is 3.44. The highest BCUT2D eigenvalue weighted by molar-refractivity contribution is 9.11. The van der Waals surface area contributed by atoms with E-state index in [1.807, 2.05) is 6.07 Å². The molecule has 2 aromatic rings. The zero-order valence-electron chi connectivity index (χ0n) is 9.04. The van der Waals surface area contributed by atoms with E-state index >= 15 is 0 Å². The first kappa shape index (κ1) is 12.4. The molecule has 3 N–H and O–H groups in total. The number of nitrogens with two attached hydrogens (primary N) is 1. The summed E-state index contributed by atoms with van der Waals surface area (Å²) in [5.74, 6) is -0.277. The van der Waals surface area contributed by atoms with Crippen LogP contribution in [-0.4, -0.2) is 6.54 Å². The van der Waals surface area contributed by atoms with Crippen LogP contribution in [0.4, 0.5) is 15.8 Å². The third-order valence-corrected chi connectivity index (χ3v) is 4.01. The van der Waals surface area contributed by atoms with Gasteiger partial charge in [-0.05, 0) is 52.7 Å². The van der Waals surface area contributed by atoms with Crippen molar-refractivity contribution in [1.82, 2.24) is 0 Å². The van der Waals surface area contributed by atoms with Crippen LogP contribution in [0, 0.1) is 5.82 Å². The topological polar surface area (TPSA) is 38.0 Å². The average molecular weight is 315 g/mol. The molecule has 0 radical (unpaired) electrons. The van der Waals surface area contributed by atoms with E-state index in [-0.39, 0.29) is 5.82 Å². The molecule has 0 saturated carbocycles. The summed E-state index contributed by atoms with van der Waals surface area (Å²) in [6, 6.07) is 8.44. The number of hydrogen-bond donors (Lipinski definition) is 2. The summed E-state index contributed by atoms with van der Waals surface area (Å²) in [5, 5.41) is 3.14. The van der Waals surface area contributed by atoms with E-state index in [2.05, 4.69) is 27.3 Å². The normalized spacial score (nSPS) is 10.5. The highest BCUT2D eigenvalue weighted by Gasteiger charge is 2.01. The van der Waals surface area contributed by atoms with Crippen molar-refractivity contribution in [1.29, 1.82) is 0 Å². The van der Waals surface area contributed by atoms with Crippen molar-refractivity contribution in [2.24, 2.45) is 0 Å². The van der Waals surface area contributed by atoms with Gasteiger partial charge in [-0.25, -0.2) is 4.39 Å². The van der Waals surface area contributed by atoms with Gasteiger partial charge < -0.3 is 11.1 Å². The summed E-state index contributed by atoms with van der Waals surface area (Å²) in [5.41, 5.74) is 6.96. The molecule has 0 bridgehead atoms. The lowest BCUT2D eigenvalue weighted by molar-refractivity contribution is 0.628. The quantitative estimate of drug-likeness (QED) is 0.840. The van der Waals surface area contributed by atoms with Gasteiger partial charge in [0.1, 0.15) is 5.82 Å². The number of nitrogens with one attached hydrogen (secondary N) is 1. The molecule has 0 fully saturated rings. The van der Waals surface area contributed by atoms with Crippen LogP contribution >= 0.6 is 27.3 Å². The number of hydrogen-bond acceptors (Lipinski definition) is 3. The largest absolute Gasteiger partial charge is 0.397 e. The number of anilines is 2. The summed E-state index contributed by atoms with van der Waals surface area (Å²) in [6.45, 7) is 0.737. The summed E-state index contributed by atoms with van der Waals surface area (Å²) in [7, 11) is 0. The Kier molecular flexibility index (Phi) is 4.02. The first-order valence-electron chi connectivity index (χ1n) is 5.18. The Morgan fingerprint density at radius 2 is 2.12 bits per heavy atom. The molecule has 1 aromatic carbocycles. The zero-order valence-corrected chi connectivity index (χ0v) is 11.4. The SMILES string of the molecule is Nc1ccc(F)cc1NCCc1ccc(Br)s1. The maximum absolute atomic E-state index is 13.0. The molecule has 1 aromatic heterocycles. The van der Waals surface area contributed by atoms with Crippen LogP contribution < -0.4 is 11.1 Å². The van der Waals surface area contributed by atoms with Crippen molar-refractivity contribution in [3.05, 3.63) is 44.8 Å². The van der Waals surface area contributed by atoms with Gasteiger partial charge in [0.15, 0.2) is 0 Å². The Morgan fingerprint density at radius 3 is 2.82 bits per heavy atom. The molecule has 0 aliphatic heterocycles. The van der Waals surface area contributed by atoms with E-state index < -0.39 is 0 Å². The predicted octanol–water partition coefficient (Wildman–Crippen LogP) is 3.89. The first-order chi connectivity index (χ1) is 8.15. The van der Waals surface area contributed by atoms with Crippen LogP contribution in [0.1, 0.15) is 4.88 Å². The van der Waals surface area contributed by atoms with Gasteiger partial charge in [0.25, 0.3) is 0 Å². The fourth-order valence-corrected chi connectivity index (χ4v) is 2.97. The van der Waals surface area contributed by atoms with Crippen LogP contribution in [0.5, 0.6) is 0 Å². The van der Waals surface area contributed by atoms with Crippen molar-refractivity contribution >= 4 is 38.6 Å². The smallest absolute Gasteiger partial charge is 0.125 e. The number of rotatable bonds is 4. The van der Waals surface area contributed by atoms with Gasteiger partial charge in [0.2, 0.25) is 0 Å². The van der Waals surface area contributed by atoms with Gasteiger partial charge in [-0.1, -0.05) is 0 Å². The third-order valence-electron chi connectivity index (χ3n) is 2.33. The second kappa shape index (κ2) is 5.51. The maximum Gasteiger partial charge on any atom is 0.125 e. The van der Waals surface area contributed by atoms with Gasteiger partial charge in [-0.2, -0.15) is 0 Å². The van der Waals surface area contributed by atoms with Crippen molar-refractivity contribution in [3.63, 3.8) is 0 Å². The van der Waals surface area contributed by atoms with E-state index in [1.54, 1.807) is 17.4 Å².